The van der Waals surface area contributed by atoms with E-state index < -0.39 is 10.0 Å². The van der Waals surface area contributed by atoms with E-state index in [2.05, 4.69) is 4.72 Å². The Labute approximate surface area is 131 Å². The van der Waals surface area contributed by atoms with Crippen molar-refractivity contribution >= 4 is 15.9 Å². The molecule has 0 spiro atoms. The fourth-order valence-corrected chi connectivity index (χ4v) is 4.52. The molecule has 1 saturated heterocycles. The molecule has 0 unspecified atom stereocenters. The number of nitrogens with one attached hydrogen (secondary N) is 1. The summed E-state index contributed by atoms with van der Waals surface area (Å²) in [4.78, 5) is 14.3. The Morgan fingerprint density at radius 1 is 1.00 bits per heavy atom. The van der Waals surface area contributed by atoms with Crippen LogP contribution in [0.25, 0.3) is 0 Å². The van der Waals surface area contributed by atoms with Crippen LogP contribution < -0.4 is 4.72 Å². The van der Waals surface area contributed by atoms with Gasteiger partial charge in [-0.15, -0.1) is 0 Å². The Balaban J connectivity index is 1.71. The van der Waals surface area contributed by atoms with E-state index in [0.29, 0.717) is 5.56 Å². The minimum absolute atomic E-state index is 0.00907. The minimum atomic E-state index is -3.48. The molecule has 5 nitrogen and oxygen atoms in total. The highest BCUT2D eigenvalue weighted by atomic mass is 32.2. The van der Waals surface area contributed by atoms with Crippen molar-refractivity contribution < 1.29 is 13.2 Å². The number of carbonyl (C=O) groups excluding carboxylic acids is 1. The largest absolute Gasteiger partial charge is 0.339 e. The first kappa shape index (κ1) is 15.5. The maximum absolute atomic E-state index is 12.3. The molecule has 1 saturated carbocycles. The number of sulfonamides is 1. The van der Waals surface area contributed by atoms with Gasteiger partial charge in [-0.3, -0.25) is 4.79 Å². The van der Waals surface area contributed by atoms with Crippen LogP contribution >= 0.6 is 0 Å². The van der Waals surface area contributed by atoms with E-state index in [1.54, 1.807) is 12.1 Å². The van der Waals surface area contributed by atoms with Crippen molar-refractivity contribution in [2.75, 3.05) is 13.1 Å². The van der Waals surface area contributed by atoms with E-state index in [1.807, 2.05) is 4.90 Å². The zero-order chi connectivity index (χ0) is 15.6. The lowest BCUT2D eigenvalue weighted by Gasteiger charge is -2.16. The predicted molar refractivity (Wildman–Crippen MR) is 84.2 cm³/mol. The third-order valence-electron chi connectivity index (χ3n) is 4.48. The molecule has 1 aliphatic carbocycles. The van der Waals surface area contributed by atoms with Gasteiger partial charge in [0.1, 0.15) is 0 Å². The van der Waals surface area contributed by atoms with Crippen LogP contribution in [0.1, 0.15) is 48.9 Å². The van der Waals surface area contributed by atoms with Gasteiger partial charge in [-0.05, 0) is 49.9 Å². The van der Waals surface area contributed by atoms with Crippen LogP contribution in [0.5, 0.6) is 0 Å². The van der Waals surface area contributed by atoms with Crippen LogP contribution in [-0.4, -0.2) is 38.4 Å². The van der Waals surface area contributed by atoms with Crippen LogP contribution in [0, 0.1) is 0 Å². The lowest BCUT2D eigenvalue weighted by atomic mass is 10.2. The van der Waals surface area contributed by atoms with E-state index in [0.717, 1.165) is 51.6 Å². The Morgan fingerprint density at radius 3 is 2.18 bits per heavy atom. The van der Waals surface area contributed by atoms with E-state index >= 15 is 0 Å². The van der Waals surface area contributed by atoms with Gasteiger partial charge in [0.25, 0.3) is 5.91 Å². The Kier molecular flexibility index (Phi) is 4.49. The zero-order valence-electron chi connectivity index (χ0n) is 12.6. The number of hydrogen-bond acceptors (Lipinski definition) is 3. The van der Waals surface area contributed by atoms with Gasteiger partial charge < -0.3 is 4.90 Å². The second kappa shape index (κ2) is 6.38. The van der Waals surface area contributed by atoms with Gasteiger partial charge in [-0.2, -0.15) is 0 Å². The molecule has 2 fully saturated rings. The first-order chi connectivity index (χ1) is 10.6. The van der Waals surface area contributed by atoms with Crippen molar-refractivity contribution in [2.45, 2.75) is 49.5 Å². The Morgan fingerprint density at radius 2 is 1.59 bits per heavy atom. The molecule has 0 atom stereocenters. The van der Waals surface area contributed by atoms with Crippen LogP contribution in [0.3, 0.4) is 0 Å². The van der Waals surface area contributed by atoms with Crippen molar-refractivity contribution in [3.8, 4) is 0 Å². The Hall–Kier alpha value is -1.40. The third-order valence-corrected chi connectivity index (χ3v) is 6.02. The molecule has 1 aliphatic heterocycles. The summed E-state index contributed by atoms with van der Waals surface area (Å²) in [5.41, 5.74) is 0.557. The smallest absolute Gasteiger partial charge is 0.253 e. The number of amides is 1. The molecule has 0 aromatic heterocycles. The number of likely N-dealkylation sites (tertiary alicyclic amines) is 1. The van der Waals surface area contributed by atoms with Gasteiger partial charge in [-0.25, -0.2) is 13.1 Å². The van der Waals surface area contributed by atoms with Crippen molar-refractivity contribution in [1.82, 2.24) is 9.62 Å². The second-order valence-corrected chi connectivity index (χ2v) is 7.84. The van der Waals surface area contributed by atoms with E-state index in [4.69, 9.17) is 0 Å². The maximum atomic E-state index is 12.3. The molecular formula is C16H22N2O3S. The summed E-state index contributed by atoms with van der Waals surface area (Å²) in [5, 5.41) is 0. The summed E-state index contributed by atoms with van der Waals surface area (Å²) >= 11 is 0. The average Bonchev–Trinajstić information content (AvgIpc) is 3.19. The molecule has 0 bridgehead atoms. The van der Waals surface area contributed by atoms with Gasteiger partial charge in [0, 0.05) is 24.7 Å². The van der Waals surface area contributed by atoms with Crippen molar-refractivity contribution in [2.24, 2.45) is 0 Å². The number of rotatable bonds is 4. The van der Waals surface area contributed by atoms with Crippen LogP contribution in [0.2, 0.25) is 0 Å². The SMILES string of the molecule is O=C(c1ccc(S(=O)(=O)NC2CCCC2)cc1)N1CCCC1. The predicted octanol–water partition coefficient (Wildman–Crippen LogP) is 2.14. The number of nitrogens with zero attached hydrogens (tertiary/aromatic N) is 1. The zero-order valence-corrected chi connectivity index (χ0v) is 13.4. The number of hydrogen-bond donors (Lipinski definition) is 1. The van der Waals surface area contributed by atoms with Crippen molar-refractivity contribution in [3.05, 3.63) is 29.8 Å². The molecule has 1 amide bonds. The molecule has 120 valence electrons. The average molecular weight is 322 g/mol. The molecule has 0 radical (unpaired) electrons. The second-order valence-electron chi connectivity index (χ2n) is 6.13. The topological polar surface area (TPSA) is 66.5 Å². The molecule has 6 heteroatoms. The van der Waals surface area contributed by atoms with Gasteiger partial charge in [0.2, 0.25) is 10.0 Å². The van der Waals surface area contributed by atoms with Crippen LogP contribution in [-0.2, 0) is 10.0 Å². The first-order valence-corrected chi connectivity index (χ1v) is 9.46. The molecule has 1 aromatic rings. The van der Waals surface area contributed by atoms with Gasteiger partial charge in [0.05, 0.1) is 4.90 Å². The fourth-order valence-electron chi connectivity index (χ4n) is 3.21. The van der Waals surface area contributed by atoms with Gasteiger partial charge in [0.15, 0.2) is 0 Å². The molecule has 1 aromatic carbocycles. The lowest BCUT2D eigenvalue weighted by Crippen LogP contribution is -2.32. The van der Waals surface area contributed by atoms with E-state index in [-0.39, 0.29) is 16.8 Å². The molecule has 1 N–H and O–H groups in total. The molecule has 22 heavy (non-hydrogen) atoms. The van der Waals surface area contributed by atoms with Crippen molar-refractivity contribution in [3.63, 3.8) is 0 Å². The number of benzene rings is 1. The quantitative estimate of drug-likeness (QED) is 0.923. The highest BCUT2D eigenvalue weighted by molar-refractivity contribution is 7.89. The number of carbonyl (C=O) groups is 1. The van der Waals surface area contributed by atoms with E-state index in [1.165, 1.54) is 12.1 Å². The normalized spacial score (nSPS) is 19.7. The Bertz CT molecular complexity index is 628. The summed E-state index contributed by atoms with van der Waals surface area (Å²) in [6.45, 7) is 1.59. The molecule has 1 heterocycles. The summed E-state index contributed by atoms with van der Waals surface area (Å²) in [6.07, 6.45) is 6.06. The van der Waals surface area contributed by atoms with E-state index in [9.17, 15) is 13.2 Å². The third kappa shape index (κ3) is 3.33. The summed E-state index contributed by atoms with van der Waals surface area (Å²) < 4.78 is 27.4. The van der Waals surface area contributed by atoms with Gasteiger partial charge in [-0.1, -0.05) is 12.8 Å². The standard InChI is InChI=1S/C16H22N2O3S/c19-16(18-11-3-4-12-18)13-7-9-15(10-8-13)22(20,21)17-14-5-1-2-6-14/h7-10,14,17H,1-6,11-12H2. The summed E-state index contributed by atoms with van der Waals surface area (Å²) in [5.74, 6) is -0.00907. The maximum Gasteiger partial charge on any atom is 0.253 e. The first-order valence-electron chi connectivity index (χ1n) is 7.98. The highest BCUT2D eigenvalue weighted by Crippen LogP contribution is 2.21. The summed E-state index contributed by atoms with van der Waals surface area (Å²) in [6, 6.07) is 6.34. The lowest BCUT2D eigenvalue weighted by molar-refractivity contribution is 0.0792. The monoisotopic (exact) mass is 322 g/mol. The molecular weight excluding hydrogens is 300 g/mol. The van der Waals surface area contributed by atoms with Gasteiger partial charge >= 0.3 is 0 Å². The molecule has 3 rings (SSSR count). The summed E-state index contributed by atoms with van der Waals surface area (Å²) in [7, 11) is -3.48. The fraction of sp³-hybridized carbons (Fsp3) is 0.562. The van der Waals surface area contributed by atoms with Crippen LogP contribution in [0.15, 0.2) is 29.2 Å². The minimum Gasteiger partial charge on any atom is -0.339 e. The van der Waals surface area contributed by atoms with Crippen LogP contribution in [0.4, 0.5) is 0 Å². The molecule has 2 aliphatic rings. The highest BCUT2D eigenvalue weighted by Gasteiger charge is 2.24. The van der Waals surface area contributed by atoms with Crippen molar-refractivity contribution in [1.29, 1.82) is 0 Å².